The summed E-state index contributed by atoms with van der Waals surface area (Å²) in [6.07, 6.45) is 4.26. The molecule has 0 spiro atoms. The van der Waals surface area contributed by atoms with Gasteiger partial charge in [-0.15, -0.1) is 0 Å². The molecule has 0 aliphatic carbocycles. The predicted octanol–water partition coefficient (Wildman–Crippen LogP) is 2.09. The lowest BCUT2D eigenvalue weighted by atomic mass is 9.99. The van der Waals surface area contributed by atoms with Gasteiger partial charge in [0.15, 0.2) is 0 Å². The lowest BCUT2D eigenvalue weighted by Gasteiger charge is -2.12. The van der Waals surface area contributed by atoms with Gasteiger partial charge < -0.3 is 5.73 Å². The minimum Gasteiger partial charge on any atom is -0.327 e. The van der Waals surface area contributed by atoms with E-state index in [1.54, 1.807) is 0 Å². The molecule has 2 rings (SSSR count). The summed E-state index contributed by atoms with van der Waals surface area (Å²) in [5.41, 5.74) is 7.26. The minimum atomic E-state index is 0.360. The fraction of sp³-hybridized carbons (Fsp3) is 0.750. The monoisotopic (exact) mass is 239 g/mol. The molecule has 0 aromatic carbocycles. The smallest absolute Gasteiger partial charge is 0.0628 e. The van der Waals surface area contributed by atoms with E-state index < -0.39 is 0 Å². The molecule has 1 fully saturated rings. The first kappa shape index (κ1) is 12.0. The molecular weight excluding hydrogens is 218 g/mol. The third-order valence-electron chi connectivity index (χ3n) is 3.43. The van der Waals surface area contributed by atoms with Crippen LogP contribution in [0, 0.1) is 5.92 Å². The van der Waals surface area contributed by atoms with Crippen LogP contribution in [0.5, 0.6) is 0 Å². The average Bonchev–Trinajstić information content (AvgIpc) is 2.89. The van der Waals surface area contributed by atoms with E-state index in [1.807, 2.05) is 11.8 Å². The van der Waals surface area contributed by atoms with E-state index in [4.69, 9.17) is 5.73 Å². The van der Waals surface area contributed by atoms with Gasteiger partial charge in [-0.3, -0.25) is 4.68 Å². The highest BCUT2D eigenvalue weighted by Crippen LogP contribution is 2.25. The molecule has 3 unspecified atom stereocenters. The van der Waals surface area contributed by atoms with Crippen LogP contribution in [0.1, 0.15) is 32.0 Å². The minimum absolute atomic E-state index is 0.360. The maximum Gasteiger partial charge on any atom is 0.0628 e. The zero-order valence-electron chi connectivity index (χ0n) is 10.1. The highest BCUT2D eigenvalue weighted by Gasteiger charge is 2.25. The number of thioether (sulfide) groups is 1. The van der Waals surface area contributed by atoms with Crippen LogP contribution in [0.4, 0.5) is 0 Å². The van der Waals surface area contributed by atoms with Crippen molar-refractivity contribution < 1.29 is 0 Å². The molecule has 16 heavy (non-hydrogen) atoms. The van der Waals surface area contributed by atoms with Gasteiger partial charge in [-0.05, 0) is 37.5 Å². The van der Waals surface area contributed by atoms with Crippen molar-refractivity contribution in [2.24, 2.45) is 11.7 Å². The van der Waals surface area contributed by atoms with Gasteiger partial charge in [-0.1, -0.05) is 6.92 Å². The standard InChI is InChI=1S/C12H21N3S/c1-3-9(2)15-5-4-11(14-15)6-10-7-16-8-12(10)13/h4-5,9-10,12H,3,6-8,13H2,1-2H3. The predicted molar refractivity (Wildman–Crippen MR) is 69.7 cm³/mol. The topological polar surface area (TPSA) is 43.8 Å². The largest absolute Gasteiger partial charge is 0.327 e. The number of aromatic nitrogens is 2. The van der Waals surface area contributed by atoms with Gasteiger partial charge in [0, 0.05) is 24.0 Å². The normalized spacial score (nSPS) is 27.2. The molecule has 1 aliphatic rings. The Morgan fingerprint density at radius 2 is 2.44 bits per heavy atom. The van der Waals surface area contributed by atoms with Crippen molar-refractivity contribution in [2.45, 2.75) is 38.8 Å². The number of nitrogens with zero attached hydrogens (tertiary/aromatic N) is 2. The summed E-state index contributed by atoms with van der Waals surface area (Å²) in [4.78, 5) is 0. The van der Waals surface area contributed by atoms with Crippen LogP contribution in [-0.2, 0) is 6.42 Å². The Hall–Kier alpha value is -0.480. The van der Waals surface area contributed by atoms with Gasteiger partial charge in [-0.2, -0.15) is 16.9 Å². The lowest BCUT2D eigenvalue weighted by Crippen LogP contribution is -2.29. The third kappa shape index (κ3) is 2.61. The van der Waals surface area contributed by atoms with Crippen molar-refractivity contribution in [1.82, 2.24) is 9.78 Å². The fourth-order valence-corrected chi connectivity index (χ4v) is 3.36. The molecule has 3 nitrogen and oxygen atoms in total. The van der Waals surface area contributed by atoms with Crippen molar-refractivity contribution in [1.29, 1.82) is 0 Å². The summed E-state index contributed by atoms with van der Waals surface area (Å²) in [5, 5.41) is 4.63. The molecule has 0 saturated carbocycles. The Morgan fingerprint density at radius 1 is 1.62 bits per heavy atom. The number of nitrogens with two attached hydrogens (primary N) is 1. The maximum atomic E-state index is 6.06. The van der Waals surface area contributed by atoms with Gasteiger partial charge >= 0.3 is 0 Å². The molecule has 0 bridgehead atoms. The molecular formula is C12H21N3S. The van der Waals surface area contributed by atoms with E-state index in [1.165, 1.54) is 11.4 Å². The average molecular weight is 239 g/mol. The molecule has 1 aromatic heterocycles. The highest BCUT2D eigenvalue weighted by atomic mass is 32.2. The zero-order chi connectivity index (χ0) is 11.5. The number of hydrogen-bond donors (Lipinski definition) is 1. The molecule has 1 saturated heterocycles. The molecule has 2 heterocycles. The van der Waals surface area contributed by atoms with Crippen molar-refractivity contribution >= 4 is 11.8 Å². The molecule has 0 amide bonds. The third-order valence-corrected chi connectivity index (χ3v) is 4.71. The Bertz CT molecular complexity index is 337. The van der Waals surface area contributed by atoms with Crippen LogP contribution in [0.2, 0.25) is 0 Å². The first-order valence-corrected chi connectivity index (χ1v) is 7.23. The summed E-state index contributed by atoms with van der Waals surface area (Å²) >= 11 is 1.97. The fourth-order valence-electron chi connectivity index (χ4n) is 2.01. The maximum absolute atomic E-state index is 6.06. The highest BCUT2D eigenvalue weighted by molar-refractivity contribution is 7.99. The van der Waals surface area contributed by atoms with Crippen LogP contribution >= 0.6 is 11.8 Å². The van der Waals surface area contributed by atoms with E-state index in [2.05, 4.69) is 35.9 Å². The van der Waals surface area contributed by atoms with Gasteiger partial charge in [0.2, 0.25) is 0 Å². The summed E-state index contributed by atoms with van der Waals surface area (Å²) in [6, 6.07) is 3.00. The Balaban J connectivity index is 1.97. The summed E-state index contributed by atoms with van der Waals surface area (Å²) < 4.78 is 2.07. The molecule has 0 radical (unpaired) electrons. The van der Waals surface area contributed by atoms with Gasteiger partial charge in [-0.25, -0.2) is 0 Å². The van der Waals surface area contributed by atoms with Crippen molar-refractivity contribution in [3.63, 3.8) is 0 Å². The zero-order valence-corrected chi connectivity index (χ0v) is 10.9. The number of hydrogen-bond acceptors (Lipinski definition) is 3. The van der Waals surface area contributed by atoms with Crippen LogP contribution in [0.3, 0.4) is 0 Å². The van der Waals surface area contributed by atoms with Crippen molar-refractivity contribution in [3.05, 3.63) is 18.0 Å². The Morgan fingerprint density at radius 3 is 3.06 bits per heavy atom. The molecule has 3 atom stereocenters. The molecule has 1 aliphatic heterocycles. The van der Waals surface area contributed by atoms with Gasteiger partial charge in [0.1, 0.15) is 0 Å². The second kappa shape index (κ2) is 5.23. The summed E-state index contributed by atoms with van der Waals surface area (Å²) in [5.74, 6) is 2.92. The first-order chi connectivity index (χ1) is 7.70. The van der Waals surface area contributed by atoms with Crippen molar-refractivity contribution in [2.75, 3.05) is 11.5 Å². The van der Waals surface area contributed by atoms with E-state index in [9.17, 15) is 0 Å². The second-order valence-corrected chi connectivity index (χ2v) is 5.78. The lowest BCUT2D eigenvalue weighted by molar-refractivity contribution is 0.461. The SMILES string of the molecule is CCC(C)n1ccc(CC2CSCC2N)n1. The van der Waals surface area contributed by atoms with E-state index in [-0.39, 0.29) is 0 Å². The number of rotatable bonds is 4. The van der Waals surface area contributed by atoms with Gasteiger partial charge in [0.25, 0.3) is 0 Å². The van der Waals surface area contributed by atoms with Crippen LogP contribution in [0.25, 0.3) is 0 Å². The van der Waals surface area contributed by atoms with Crippen LogP contribution < -0.4 is 5.73 Å². The van der Waals surface area contributed by atoms with Crippen molar-refractivity contribution in [3.8, 4) is 0 Å². The van der Waals surface area contributed by atoms with Gasteiger partial charge in [0.05, 0.1) is 5.69 Å². The van der Waals surface area contributed by atoms with E-state index in [0.29, 0.717) is 18.0 Å². The first-order valence-electron chi connectivity index (χ1n) is 6.08. The quantitative estimate of drug-likeness (QED) is 0.875. The molecule has 90 valence electrons. The molecule has 4 heteroatoms. The van der Waals surface area contributed by atoms with E-state index in [0.717, 1.165) is 18.6 Å². The second-order valence-electron chi connectivity index (χ2n) is 4.71. The van der Waals surface area contributed by atoms with Crippen LogP contribution in [0.15, 0.2) is 12.3 Å². The summed E-state index contributed by atoms with van der Waals surface area (Å²) in [7, 11) is 0. The molecule has 2 N–H and O–H groups in total. The molecule has 1 aromatic rings. The van der Waals surface area contributed by atoms with Crippen LogP contribution in [-0.4, -0.2) is 27.3 Å². The van der Waals surface area contributed by atoms with E-state index >= 15 is 0 Å². The Kier molecular flexibility index (Phi) is 3.92. The summed E-state index contributed by atoms with van der Waals surface area (Å²) in [6.45, 7) is 4.39. The Labute approximate surface area is 102 Å².